The molecular formula is C10H15N5O2. The fraction of sp³-hybridized carbons (Fsp3) is 0.400. The highest BCUT2D eigenvalue weighted by atomic mass is 16.2. The normalized spacial score (nSPS) is 10.8. The fourth-order valence-electron chi connectivity index (χ4n) is 0.996. The maximum atomic E-state index is 11.7. The monoisotopic (exact) mass is 237 g/mol. The van der Waals surface area contributed by atoms with Crippen molar-refractivity contribution in [2.75, 3.05) is 12.4 Å². The number of amides is 2. The average Bonchev–Trinajstić information content (AvgIpc) is 2.28. The van der Waals surface area contributed by atoms with Crippen molar-refractivity contribution in [1.82, 2.24) is 15.5 Å². The lowest BCUT2D eigenvalue weighted by molar-refractivity contribution is -0.122. The van der Waals surface area contributed by atoms with Crippen molar-refractivity contribution in [1.29, 1.82) is 0 Å². The van der Waals surface area contributed by atoms with Gasteiger partial charge in [-0.1, -0.05) is 0 Å². The van der Waals surface area contributed by atoms with E-state index in [-0.39, 0.29) is 5.69 Å². The van der Waals surface area contributed by atoms with Crippen molar-refractivity contribution in [2.45, 2.75) is 19.4 Å². The van der Waals surface area contributed by atoms with Gasteiger partial charge in [0.15, 0.2) is 5.69 Å². The average molecular weight is 237 g/mol. The molecule has 17 heavy (non-hydrogen) atoms. The Morgan fingerprint density at radius 1 is 1.29 bits per heavy atom. The Hall–Kier alpha value is -2.18. The van der Waals surface area contributed by atoms with Gasteiger partial charge in [-0.25, -0.2) is 0 Å². The molecule has 2 amide bonds. The summed E-state index contributed by atoms with van der Waals surface area (Å²) >= 11 is 0. The molecule has 1 aromatic heterocycles. The lowest BCUT2D eigenvalue weighted by Crippen LogP contribution is -2.53. The van der Waals surface area contributed by atoms with Gasteiger partial charge >= 0.3 is 0 Å². The Labute approximate surface area is 98.8 Å². The molecule has 1 aromatic rings. The van der Waals surface area contributed by atoms with Crippen LogP contribution in [0.15, 0.2) is 12.1 Å². The van der Waals surface area contributed by atoms with Crippen molar-refractivity contribution in [3.8, 4) is 0 Å². The summed E-state index contributed by atoms with van der Waals surface area (Å²) in [6, 6.07) is 3.12. The minimum absolute atomic E-state index is 0.123. The summed E-state index contributed by atoms with van der Waals surface area (Å²) in [6.07, 6.45) is 0. The predicted octanol–water partition coefficient (Wildman–Crippen LogP) is -0.488. The van der Waals surface area contributed by atoms with Crippen LogP contribution in [0.5, 0.6) is 0 Å². The van der Waals surface area contributed by atoms with E-state index in [0.717, 1.165) is 0 Å². The molecule has 0 aliphatic heterocycles. The summed E-state index contributed by atoms with van der Waals surface area (Å²) in [4.78, 5) is 22.8. The lowest BCUT2D eigenvalue weighted by Gasteiger charge is -2.21. The van der Waals surface area contributed by atoms with E-state index >= 15 is 0 Å². The molecule has 0 aromatic carbocycles. The molecule has 4 N–H and O–H groups in total. The van der Waals surface area contributed by atoms with E-state index in [9.17, 15) is 9.59 Å². The number of carbonyl (C=O) groups excluding carboxylic acids is 2. The van der Waals surface area contributed by atoms with E-state index in [1.165, 1.54) is 19.9 Å². The minimum atomic E-state index is -1.12. The van der Waals surface area contributed by atoms with Gasteiger partial charge < -0.3 is 16.4 Å². The molecule has 1 heterocycles. The molecule has 0 radical (unpaired) electrons. The zero-order chi connectivity index (χ0) is 13.1. The maximum Gasteiger partial charge on any atom is 0.272 e. The highest BCUT2D eigenvalue weighted by Crippen LogP contribution is 2.05. The van der Waals surface area contributed by atoms with Crippen LogP contribution in [0.25, 0.3) is 0 Å². The SMILES string of the molecule is CNc1ccc(C(=O)NC(C)(C)C(N)=O)nn1. The lowest BCUT2D eigenvalue weighted by atomic mass is 10.1. The van der Waals surface area contributed by atoms with Crippen molar-refractivity contribution in [3.63, 3.8) is 0 Å². The van der Waals surface area contributed by atoms with Crippen LogP contribution in [-0.2, 0) is 4.79 Å². The summed E-state index contributed by atoms with van der Waals surface area (Å²) in [5, 5.41) is 12.7. The van der Waals surface area contributed by atoms with Crippen LogP contribution < -0.4 is 16.4 Å². The van der Waals surface area contributed by atoms with Gasteiger partial charge in [-0.3, -0.25) is 9.59 Å². The van der Waals surface area contributed by atoms with Gasteiger partial charge in [-0.15, -0.1) is 10.2 Å². The third kappa shape index (κ3) is 3.13. The van der Waals surface area contributed by atoms with Crippen LogP contribution in [-0.4, -0.2) is 34.6 Å². The standard InChI is InChI=1S/C10H15N5O2/c1-10(2,9(11)17)13-8(16)6-4-5-7(12-3)15-14-6/h4-5H,1-3H3,(H2,11,17)(H,12,15)(H,13,16). The number of aromatic nitrogens is 2. The van der Waals surface area contributed by atoms with Gasteiger partial charge in [-0.2, -0.15) is 0 Å². The summed E-state index contributed by atoms with van der Waals surface area (Å²) in [5.74, 6) is -0.565. The van der Waals surface area contributed by atoms with Crippen molar-refractivity contribution >= 4 is 17.6 Å². The number of hydrogen-bond donors (Lipinski definition) is 3. The summed E-state index contributed by atoms with van der Waals surface area (Å²) in [5.41, 5.74) is 4.14. The van der Waals surface area contributed by atoms with Gasteiger partial charge in [0.05, 0.1) is 0 Å². The van der Waals surface area contributed by atoms with Crippen LogP contribution in [0.1, 0.15) is 24.3 Å². The first-order valence-electron chi connectivity index (χ1n) is 5.00. The minimum Gasteiger partial charge on any atom is -0.372 e. The number of rotatable bonds is 4. The first kappa shape index (κ1) is 12.9. The van der Waals surface area contributed by atoms with Gasteiger partial charge in [0.25, 0.3) is 5.91 Å². The first-order valence-corrected chi connectivity index (χ1v) is 5.00. The van der Waals surface area contributed by atoms with Crippen LogP contribution >= 0.6 is 0 Å². The molecule has 0 atom stereocenters. The van der Waals surface area contributed by atoms with Gasteiger partial charge in [-0.05, 0) is 26.0 Å². The van der Waals surface area contributed by atoms with E-state index < -0.39 is 17.4 Å². The highest BCUT2D eigenvalue weighted by molar-refractivity contribution is 5.97. The molecule has 0 spiro atoms. The van der Waals surface area contributed by atoms with E-state index in [1.807, 2.05) is 0 Å². The van der Waals surface area contributed by atoms with E-state index in [2.05, 4.69) is 20.8 Å². The summed E-state index contributed by atoms with van der Waals surface area (Å²) in [6.45, 7) is 3.03. The van der Waals surface area contributed by atoms with Crippen LogP contribution in [0.3, 0.4) is 0 Å². The van der Waals surface area contributed by atoms with Gasteiger partial charge in [0, 0.05) is 7.05 Å². The fourth-order valence-corrected chi connectivity index (χ4v) is 0.996. The molecule has 7 heteroatoms. The number of primary amides is 1. The molecule has 0 saturated carbocycles. The topological polar surface area (TPSA) is 110 Å². The summed E-state index contributed by atoms with van der Waals surface area (Å²) < 4.78 is 0. The molecule has 0 aliphatic carbocycles. The van der Waals surface area contributed by atoms with E-state index in [4.69, 9.17) is 5.73 Å². The van der Waals surface area contributed by atoms with Gasteiger partial charge in [0.1, 0.15) is 11.4 Å². The second-order valence-electron chi connectivity index (χ2n) is 4.00. The van der Waals surface area contributed by atoms with Crippen LogP contribution in [0.4, 0.5) is 5.82 Å². The Morgan fingerprint density at radius 3 is 2.35 bits per heavy atom. The third-order valence-corrected chi connectivity index (χ3v) is 2.20. The Morgan fingerprint density at radius 2 is 1.94 bits per heavy atom. The molecular weight excluding hydrogens is 222 g/mol. The Balaban J connectivity index is 2.80. The number of hydrogen-bond acceptors (Lipinski definition) is 5. The predicted molar refractivity (Wildman–Crippen MR) is 62.3 cm³/mol. The zero-order valence-electron chi connectivity index (χ0n) is 9.94. The Bertz CT molecular complexity index is 427. The third-order valence-electron chi connectivity index (χ3n) is 2.20. The first-order chi connectivity index (χ1) is 7.86. The molecule has 0 bridgehead atoms. The number of carbonyl (C=O) groups is 2. The number of nitrogens with two attached hydrogens (primary N) is 1. The largest absolute Gasteiger partial charge is 0.372 e. The molecule has 0 aliphatic rings. The molecule has 0 unspecified atom stereocenters. The molecule has 92 valence electrons. The molecule has 0 fully saturated rings. The van der Waals surface area contributed by atoms with Crippen LogP contribution in [0.2, 0.25) is 0 Å². The van der Waals surface area contributed by atoms with Gasteiger partial charge in [0.2, 0.25) is 5.91 Å². The van der Waals surface area contributed by atoms with Crippen molar-refractivity contribution in [3.05, 3.63) is 17.8 Å². The zero-order valence-corrected chi connectivity index (χ0v) is 9.94. The van der Waals surface area contributed by atoms with Crippen LogP contribution in [0, 0.1) is 0 Å². The number of nitrogens with one attached hydrogen (secondary N) is 2. The van der Waals surface area contributed by atoms with E-state index in [0.29, 0.717) is 5.82 Å². The smallest absolute Gasteiger partial charge is 0.272 e. The quantitative estimate of drug-likeness (QED) is 0.654. The molecule has 1 rings (SSSR count). The van der Waals surface area contributed by atoms with E-state index in [1.54, 1.807) is 13.1 Å². The Kier molecular flexibility index (Phi) is 3.62. The molecule has 0 saturated heterocycles. The number of anilines is 1. The maximum absolute atomic E-state index is 11.7. The van der Waals surface area contributed by atoms with Crippen molar-refractivity contribution < 1.29 is 9.59 Å². The van der Waals surface area contributed by atoms with Crippen molar-refractivity contribution in [2.24, 2.45) is 5.73 Å². The second-order valence-corrected chi connectivity index (χ2v) is 4.00. The summed E-state index contributed by atoms with van der Waals surface area (Å²) in [7, 11) is 1.69. The molecule has 7 nitrogen and oxygen atoms in total. The second kappa shape index (κ2) is 4.77. The number of nitrogens with zero attached hydrogens (tertiary/aromatic N) is 2. The highest BCUT2D eigenvalue weighted by Gasteiger charge is 2.27.